The van der Waals surface area contributed by atoms with Crippen LogP contribution in [0, 0.1) is 0 Å². The lowest BCUT2D eigenvalue weighted by molar-refractivity contribution is 0.391. The van der Waals surface area contributed by atoms with Gasteiger partial charge in [0.05, 0.1) is 4.91 Å². The van der Waals surface area contributed by atoms with E-state index in [1.807, 2.05) is 0 Å². The Morgan fingerprint density at radius 1 is 1.20 bits per heavy atom. The average molecular weight is 321 g/mol. The van der Waals surface area contributed by atoms with E-state index < -0.39 is 36.4 Å². The molecule has 2 rings (SSSR count). The minimum atomic E-state index is -4.68. The normalized spacial score (nSPS) is 26.9. The molecule has 0 bridgehead atoms. The Labute approximate surface area is 115 Å². The number of nitrogens with two attached hydrogens (primary N) is 1. The Bertz CT molecular complexity index is 799. The summed E-state index contributed by atoms with van der Waals surface area (Å²) in [6.07, 6.45) is 3.58. The van der Waals surface area contributed by atoms with Crippen LogP contribution in [0.3, 0.4) is 0 Å². The van der Waals surface area contributed by atoms with Gasteiger partial charge >= 0.3 is 0 Å². The molecule has 0 aromatic carbocycles. The highest BCUT2D eigenvalue weighted by molar-refractivity contribution is 7.89. The van der Waals surface area contributed by atoms with Crippen LogP contribution in [0.1, 0.15) is 6.42 Å². The number of aliphatic hydroxyl groups is 1. The molecule has 5 N–H and O–H groups in total. The van der Waals surface area contributed by atoms with Crippen molar-refractivity contribution in [2.45, 2.75) is 11.3 Å². The Balaban J connectivity index is 2.64. The summed E-state index contributed by atoms with van der Waals surface area (Å²) in [6.45, 7) is 0. The number of hydrogen-bond donors (Lipinski definition) is 4. The SMILES string of the molecule is NC1(S(=O)(=O)O)C=CC2=C(O)CC(S(=O)(=O)O)=CC2=C1. The van der Waals surface area contributed by atoms with Crippen LogP contribution >= 0.6 is 0 Å². The van der Waals surface area contributed by atoms with E-state index in [0.717, 1.165) is 24.3 Å². The van der Waals surface area contributed by atoms with Gasteiger partial charge in [-0.15, -0.1) is 0 Å². The van der Waals surface area contributed by atoms with E-state index in [0.29, 0.717) is 0 Å². The molecule has 1 unspecified atom stereocenters. The molecule has 1 atom stereocenters. The van der Waals surface area contributed by atoms with Crippen LogP contribution in [0.25, 0.3) is 0 Å². The lowest BCUT2D eigenvalue weighted by atomic mass is 9.91. The van der Waals surface area contributed by atoms with E-state index in [-0.39, 0.29) is 16.9 Å². The molecule has 0 heterocycles. The number of hydrogen-bond acceptors (Lipinski definition) is 6. The molecule has 10 heteroatoms. The first-order valence-electron chi connectivity index (χ1n) is 5.22. The number of aliphatic hydroxyl groups excluding tert-OH is 1. The van der Waals surface area contributed by atoms with Crippen molar-refractivity contribution in [1.29, 1.82) is 0 Å². The second kappa shape index (κ2) is 4.27. The molecule has 2 aliphatic rings. The molecule has 0 aromatic heterocycles. The third kappa shape index (κ3) is 2.43. The smallest absolute Gasteiger partial charge is 0.291 e. The molecule has 20 heavy (non-hydrogen) atoms. The second-order valence-corrected chi connectivity index (χ2v) is 7.52. The molecule has 0 saturated heterocycles. The molecule has 0 radical (unpaired) electrons. The van der Waals surface area contributed by atoms with Gasteiger partial charge in [0.25, 0.3) is 20.2 Å². The zero-order valence-electron chi connectivity index (χ0n) is 9.88. The summed E-state index contributed by atoms with van der Waals surface area (Å²) in [6, 6.07) is 0. The fraction of sp³-hybridized carbons (Fsp3) is 0.200. The number of allylic oxidation sites excluding steroid dienone is 5. The van der Waals surface area contributed by atoms with Crippen molar-refractivity contribution in [2.24, 2.45) is 5.73 Å². The molecule has 0 saturated carbocycles. The molecule has 0 spiro atoms. The fourth-order valence-corrected chi connectivity index (χ4v) is 2.98. The largest absolute Gasteiger partial charge is 0.511 e. The van der Waals surface area contributed by atoms with Crippen molar-refractivity contribution in [2.75, 3.05) is 0 Å². The van der Waals surface area contributed by atoms with Gasteiger partial charge in [-0.3, -0.25) is 9.11 Å². The van der Waals surface area contributed by atoms with Crippen molar-refractivity contribution in [1.82, 2.24) is 0 Å². The third-order valence-corrected chi connectivity index (χ3v) is 5.02. The third-order valence-electron chi connectivity index (χ3n) is 2.95. The summed E-state index contributed by atoms with van der Waals surface area (Å²) in [4.78, 5) is -2.73. The van der Waals surface area contributed by atoms with Crippen LogP contribution in [0.2, 0.25) is 0 Å². The molecule has 0 fully saturated rings. The van der Waals surface area contributed by atoms with Gasteiger partial charge in [0, 0.05) is 12.0 Å². The summed E-state index contributed by atoms with van der Waals surface area (Å²) in [7, 11) is -9.21. The maximum atomic E-state index is 11.2. The number of rotatable bonds is 2. The monoisotopic (exact) mass is 321 g/mol. The van der Waals surface area contributed by atoms with Crippen molar-refractivity contribution in [3.05, 3.63) is 46.1 Å². The summed E-state index contributed by atoms with van der Waals surface area (Å²) in [5, 5.41) is 9.73. The van der Waals surface area contributed by atoms with Crippen molar-refractivity contribution < 1.29 is 31.0 Å². The highest BCUT2D eigenvalue weighted by Crippen LogP contribution is 2.35. The summed E-state index contributed by atoms with van der Waals surface area (Å²) in [5.74, 6) is -0.361. The van der Waals surface area contributed by atoms with Gasteiger partial charge in [-0.2, -0.15) is 16.8 Å². The molecule has 0 aromatic rings. The highest BCUT2D eigenvalue weighted by atomic mass is 32.2. The van der Waals surface area contributed by atoms with E-state index in [1.165, 1.54) is 0 Å². The first-order valence-corrected chi connectivity index (χ1v) is 8.10. The van der Waals surface area contributed by atoms with Crippen LogP contribution in [0.15, 0.2) is 46.1 Å². The highest BCUT2D eigenvalue weighted by Gasteiger charge is 2.38. The van der Waals surface area contributed by atoms with Crippen LogP contribution in [0.4, 0.5) is 0 Å². The fourth-order valence-electron chi connectivity index (χ4n) is 1.87. The van der Waals surface area contributed by atoms with E-state index in [2.05, 4.69) is 0 Å². The van der Waals surface area contributed by atoms with Gasteiger partial charge in [0.15, 0.2) is 4.87 Å². The van der Waals surface area contributed by atoms with Gasteiger partial charge in [0.1, 0.15) is 5.76 Å². The summed E-state index contributed by atoms with van der Waals surface area (Å²) >= 11 is 0. The standard InChI is InChI=1S/C10H11NO7S2/c11-10(20(16,17)18)2-1-8-6(5-10)3-7(4-9(8)12)19(13,14)15/h1-3,5,12H,4,11H2,(H,13,14,15)(H,16,17,18). The van der Waals surface area contributed by atoms with E-state index in [4.69, 9.17) is 14.8 Å². The predicted molar refractivity (Wildman–Crippen MR) is 69.6 cm³/mol. The lowest BCUT2D eigenvalue weighted by Gasteiger charge is -2.26. The first-order chi connectivity index (χ1) is 8.94. The minimum Gasteiger partial charge on any atom is -0.511 e. The van der Waals surface area contributed by atoms with Crippen molar-refractivity contribution in [3.8, 4) is 0 Å². The van der Waals surface area contributed by atoms with Gasteiger partial charge < -0.3 is 10.8 Å². The van der Waals surface area contributed by atoms with Crippen LogP contribution in [-0.4, -0.2) is 35.9 Å². The van der Waals surface area contributed by atoms with Gasteiger partial charge in [-0.05, 0) is 23.8 Å². The summed E-state index contributed by atoms with van der Waals surface area (Å²) < 4.78 is 62.6. The van der Waals surface area contributed by atoms with Crippen molar-refractivity contribution in [3.63, 3.8) is 0 Å². The maximum absolute atomic E-state index is 11.2. The maximum Gasteiger partial charge on any atom is 0.291 e. The van der Waals surface area contributed by atoms with Gasteiger partial charge in [-0.1, -0.05) is 6.08 Å². The second-order valence-electron chi connectivity index (χ2n) is 4.38. The molecule has 110 valence electrons. The van der Waals surface area contributed by atoms with Gasteiger partial charge in [-0.25, -0.2) is 0 Å². The van der Waals surface area contributed by atoms with Crippen molar-refractivity contribution >= 4 is 20.2 Å². The number of fused-ring (bicyclic) bond motifs is 1. The van der Waals surface area contributed by atoms with E-state index in [9.17, 15) is 21.9 Å². The van der Waals surface area contributed by atoms with Crippen LogP contribution in [0.5, 0.6) is 0 Å². The minimum absolute atomic E-state index is 0.0241. The quantitative estimate of drug-likeness (QED) is 0.518. The Morgan fingerprint density at radius 3 is 2.30 bits per heavy atom. The molecule has 0 aliphatic heterocycles. The Kier molecular flexibility index (Phi) is 3.19. The van der Waals surface area contributed by atoms with Crippen LogP contribution in [-0.2, 0) is 20.2 Å². The molecule has 0 amide bonds. The first kappa shape index (κ1) is 14.9. The zero-order chi connectivity index (χ0) is 15.3. The van der Waals surface area contributed by atoms with Crippen LogP contribution < -0.4 is 5.73 Å². The molecular formula is C10H11NO7S2. The molecular weight excluding hydrogens is 310 g/mol. The summed E-state index contributed by atoms with van der Waals surface area (Å²) in [5.41, 5.74) is 5.64. The Hall–Kier alpha value is -1.46. The average Bonchev–Trinajstić information content (AvgIpc) is 2.25. The predicted octanol–water partition coefficient (Wildman–Crippen LogP) is 0.0129. The topological polar surface area (TPSA) is 155 Å². The van der Waals surface area contributed by atoms with Gasteiger partial charge in [0.2, 0.25) is 0 Å². The van der Waals surface area contributed by atoms with E-state index >= 15 is 0 Å². The molecule has 2 aliphatic carbocycles. The zero-order valence-corrected chi connectivity index (χ0v) is 11.5. The lowest BCUT2D eigenvalue weighted by Crippen LogP contribution is -2.45. The van der Waals surface area contributed by atoms with E-state index in [1.54, 1.807) is 0 Å². The Morgan fingerprint density at radius 2 is 1.80 bits per heavy atom. The molecule has 8 nitrogen and oxygen atoms in total.